The molecule has 0 aliphatic rings. The number of thiazole rings is 1. The molecule has 0 bridgehead atoms. The van der Waals surface area contributed by atoms with E-state index in [0.717, 1.165) is 17.5 Å². The van der Waals surface area contributed by atoms with Crippen LogP contribution in [-0.4, -0.2) is 25.0 Å². The second-order valence-corrected chi connectivity index (χ2v) is 3.80. The highest BCUT2D eigenvalue weighted by molar-refractivity contribution is 7.18. The maximum Gasteiger partial charge on any atom is 0.345 e. The predicted octanol–water partition coefficient (Wildman–Crippen LogP) is 1.77. The van der Waals surface area contributed by atoms with Crippen LogP contribution in [0.4, 0.5) is 16.1 Å². The number of aromatic hydroxyl groups is 1. The first-order valence-electron chi connectivity index (χ1n) is 4.31. The fourth-order valence-electron chi connectivity index (χ4n) is 0.955. The molecule has 0 unspecified atom stereocenters. The average molecular weight is 265 g/mol. The van der Waals surface area contributed by atoms with Gasteiger partial charge in [0, 0.05) is 0 Å². The topological polar surface area (TPSA) is 153 Å². The standard InChI is InChI=1S/C7H3N7O3S/c8-1-3-5(15)11-6(10-3)12-13-7-9-2-4(18-7)14(16)17/h2,15H,(H,10,11)/b13-12+. The molecular formula is C7H3N7O3S. The van der Waals surface area contributed by atoms with Gasteiger partial charge in [0.1, 0.15) is 12.3 Å². The minimum Gasteiger partial charge on any atom is -0.491 e. The van der Waals surface area contributed by atoms with Crippen molar-refractivity contribution in [3.05, 3.63) is 22.0 Å². The lowest BCUT2D eigenvalue weighted by atomic mass is 10.5. The summed E-state index contributed by atoms with van der Waals surface area (Å²) in [5, 5.41) is 35.1. The second kappa shape index (κ2) is 4.55. The molecule has 0 fully saturated rings. The number of azo groups is 1. The van der Waals surface area contributed by atoms with E-state index in [-0.39, 0.29) is 21.8 Å². The van der Waals surface area contributed by atoms with Crippen LogP contribution in [0.3, 0.4) is 0 Å². The molecule has 2 heterocycles. The van der Waals surface area contributed by atoms with E-state index in [2.05, 4.69) is 25.2 Å². The summed E-state index contributed by atoms with van der Waals surface area (Å²) < 4.78 is 0. The molecule has 11 heteroatoms. The molecular weight excluding hydrogens is 262 g/mol. The van der Waals surface area contributed by atoms with E-state index in [1.54, 1.807) is 6.07 Å². The number of imidazole rings is 1. The van der Waals surface area contributed by atoms with Crippen LogP contribution < -0.4 is 0 Å². The number of hydrogen-bond donors (Lipinski definition) is 2. The number of nitrogens with zero attached hydrogens (tertiary/aromatic N) is 6. The van der Waals surface area contributed by atoms with Crippen LogP contribution in [0.2, 0.25) is 0 Å². The van der Waals surface area contributed by atoms with Crippen molar-refractivity contribution in [2.45, 2.75) is 0 Å². The molecule has 18 heavy (non-hydrogen) atoms. The normalized spacial score (nSPS) is 10.6. The van der Waals surface area contributed by atoms with Gasteiger partial charge in [-0.3, -0.25) is 10.1 Å². The highest BCUT2D eigenvalue weighted by Crippen LogP contribution is 2.28. The highest BCUT2D eigenvalue weighted by Gasteiger charge is 2.11. The molecule has 2 aromatic heterocycles. The molecule has 0 saturated heterocycles. The molecule has 10 nitrogen and oxygen atoms in total. The van der Waals surface area contributed by atoms with Gasteiger partial charge in [-0.25, -0.2) is 4.98 Å². The molecule has 0 aliphatic heterocycles. The zero-order chi connectivity index (χ0) is 13.1. The molecule has 0 aromatic carbocycles. The number of H-pyrrole nitrogens is 1. The highest BCUT2D eigenvalue weighted by atomic mass is 32.1. The number of rotatable bonds is 3. The van der Waals surface area contributed by atoms with Gasteiger partial charge < -0.3 is 10.1 Å². The quantitative estimate of drug-likeness (QED) is 0.489. The monoisotopic (exact) mass is 265 g/mol. The lowest BCUT2D eigenvalue weighted by molar-refractivity contribution is -0.380. The van der Waals surface area contributed by atoms with E-state index < -0.39 is 10.8 Å². The van der Waals surface area contributed by atoms with Crippen LogP contribution in [0.1, 0.15) is 5.69 Å². The Bertz CT molecular complexity index is 667. The van der Waals surface area contributed by atoms with E-state index in [0.29, 0.717) is 0 Å². The molecule has 0 spiro atoms. The first-order valence-corrected chi connectivity index (χ1v) is 5.13. The number of nitro groups is 1. The largest absolute Gasteiger partial charge is 0.491 e. The minimum absolute atomic E-state index is 0.0658. The summed E-state index contributed by atoms with van der Waals surface area (Å²) in [6, 6.07) is 1.66. The Balaban J connectivity index is 2.19. The molecule has 0 radical (unpaired) electrons. The van der Waals surface area contributed by atoms with E-state index >= 15 is 0 Å². The summed E-state index contributed by atoms with van der Waals surface area (Å²) in [5.74, 6) is -0.585. The fourth-order valence-corrected chi connectivity index (χ4v) is 1.51. The number of nitrogens with one attached hydrogen (secondary N) is 1. The first kappa shape index (κ1) is 11.6. The third-order valence-corrected chi connectivity index (χ3v) is 2.51. The smallest absolute Gasteiger partial charge is 0.345 e. The van der Waals surface area contributed by atoms with Crippen LogP contribution >= 0.6 is 11.3 Å². The Morgan fingerprint density at radius 2 is 2.39 bits per heavy atom. The van der Waals surface area contributed by atoms with Crippen molar-refractivity contribution >= 4 is 27.4 Å². The predicted molar refractivity (Wildman–Crippen MR) is 57.9 cm³/mol. The molecule has 2 N–H and O–H groups in total. The Labute approximate surface area is 102 Å². The Morgan fingerprint density at radius 1 is 1.61 bits per heavy atom. The van der Waals surface area contributed by atoms with Crippen LogP contribution in [-0.2, 0) is 0 Å². The number of hydrogen-bond acceptors (Lipinski definition) is 9. The van der Waals surface area contributed by atoms with Crippen molar-refractivity contribution < 1.29 is 10.0 Å². The maximum absolute atomic E-state index is 10.4. The van der Waals surface area contributed by atoms with Gasteiger partial charge in [-0.2, -0.15) is 10.2 Å². The third kappa shape index (κ3) is 2.28. The summed E-state index contributed by atoms with van der Waals surface area (Å²) in [7, 11) is 0. The van der Waals surface area contributed by atoms with Gasteiger partial charge in [-0.1, -0.05) is 0 Å². The van der Waals surface area contributed by atoms with Gasteiger partial charge in [-0.15, -0.1) is 10.2 Å². The second-order valence-electron chi connectivity index (χ2n) is 2.81. The molecule has 2 aromatic rings. The van der Waals surface area contributed by atoms with Gasteiger partial charge in [0.2, 0.25) is 11.0 Å². The zero-order valence-electron chi connectivity index (χ0n) is 8.43. The molecule has 0 saturated carbocycles. The Morgan fingerprint density at radius 3 is 2.94 bits per heavy atom. The summed E-state index contributed by atoms with van der Waals surface area (Å²) in [4.78, 5) is 19.3. The molecule has 0 aliphatic carbocycles. The van der Waals surface area contributed by atoms with Crippen LogP contribution in [0.5, 0.6) is 5.88 Å². The van der Waals surface area contributed by atoms with E-state index in [1.165, 1.54) is 0 Å². The van der Waals surface area contributed by atoms with Gasteiger partial charge in [0.15, 0.2) is 5.69 Å². The van der Waals surface area contributed by atoms with Gasteiger partial charge in [0.05, 0.1) is 4.92 Å². The van der Waals surface area contributed by atoms with Crippen molar-refractivity contribution in [2.75, 3.05) is 0 Å². The van der Waals surface area contributed by atoms with Gasteiger partial charge in [-0.05, 0) is 11.3 Å². The number of aromatic nitrogens is 3. The molecule has 2 rings (SSSR count). The van der Waals surface area contributed by atoms with E-state index in [4.69, 9.17) is 10.4 Å². The zero-order valence-corrected chi connectivity index (χ0v) is 9.25. The van der Waals surface area contributed by atoms with Crippen molar-refractivity contribution in [1.82, 2.24) is 15.0 Å². The van der Waals surface area contributed by atoms with Crippen molar-refractivity contribution in [3.8, 4) is 11.9 Å². The summed E-state index contributed by atoms with van der Waals surface area (Å²) in [6.45, 7) is 0. The van der Waals surface area contributed by atoms with Crippen LogP contribution in [0, 0.1) is 21.4 Å². The first-order chi connectivity index (χ1) is 8.60. The third-order valence-electron chi connectivity index (χ3n) is 1.68. The number of aromatic amines is 1. The van der Waals surface area contributed by atoms with Crippen molar-refractivity contribution in [2.24, 2.45) is 10.2 Å². The number of nitriles is 1. The minimum atomic E-state index is -0.594. The summed E-state index contributed by atoms with van der Waals surface area (Å²) in [5.41, 5.74) is -0.144. The Kier molecular flexibility index (Phi) is 2.94. The average Bonchev–Trinajstić information content (AvgIpc) is 2.92. The fraction of sp³-hybridized carbons (Fsp3) is 0. The van der Waals surface area contributed by atoms with Gasteiger partial charge >= 0.3 is 5.00 Å². The Hall–Kier alpha value is -2.87. The maximum atomic E-state index is 10.4. The van der Waals surface area contributed by atoms with Gasteiger partial charge in [0.25, 0.3) is 5.95 Å². The lowest BCUT2D eigenvalue weighted by Gasteiger charge is -1.80. The van der Waals surface area contributed by atoms with E-state index in [1.807, 2.05) is 0 Å². The summed E-state index contributed by atoms with van der Waals surface area (Å²) >= 11 is 0.737. The van der Waals surface area contributed by atoms with Crippen molar-refractivity contribution in [3.63, 3.8) is 0 Å². The van der Waals surface area contributed by atoms with Crippen LogP contribution in [0.15, 0.2) is 16.4 Å². The molecule has 90 valence electrons. The molecule has 0 amide bonds. The molecule has 0 atom stereocenters. The van der Waals surface area contributed by atoms with Crippen LogP contribution in [0.25, 0.3) is 0 Å². The lowest BCUT2D eigenvalue weighted by Crippen LogP contribution is -1.80. The SMILES string of the molecule is N#Cc1[nH]c(/N=N/c2ncc([N+](=O)[O-])s2)nc1O. The van der Waals surface area contributed by atoms with E-state index in [9.17, 15) is 10.1 Å². The summed E-state index contributed by atoms with van der Waals surface area (Å²) in [6.07, 6.45) is 1.05. The van der Waals surface area contributed by atoms with Crippen molar-refractivity contribution in [1.29, 1.82) is 5.26 Å².